The van der Waals surface area contributed by atoms with E-state index in [1.54, 1.807) is 0 Å². The van der Waals surface area contributed by atoms with Crippen LogP contribution in [0.2, 0.25) is 0 Å². The lowest BCUT2D eigenvalue weighted by Gasteiger charge is -2.30. The number of hydrogen-bond acceptors (Lipinski definition) is 5. The van der Waals surface area contributed by atoms with Gasteiger partial charge in [-0.2, -0.15) is 5.26 Å². The van der Waals surface area contributed by atoms with Crippen molar-refractivity contribution >= 4 is 0 Å². The van der Waals surface area contributed by atoms with Gasteiger partial charge in [-0.1, -0.05) is 55.3 Å². The summed E-state index contributed by atoms with van der Waals surface area (Å²) < 4.78 is 1.91. The number of likely N-dealkylation sites (tertiary alicyclic amines) is 1. The second-order valence-corrected chi connectivity index (χ2v) is 7.27. The summed E-state index contributed by atoms with van der Waals surface area (Å²) in [5.41, 5.74) is 2.97. The summed E-state index contributed by atoms with van der Waals surface area (Å²) >= 11 is 0. The maximum atomic E-state index is 9.15. The normalized spacial score (nSPS) is 16.2. The Labute approximate surface area is 165 Å². The lowest BCUT2D eigenvalue weighted by molar-refractivity contribution is 0.222. The Morgan fingerprint density at radius 3 is 2.32 bits per heavy atom. The summed E-state index contributed by atoms with van der Waals surface area (Å²) in [6.45, 7) is 2.70. The molecule has 0 radical (unpaired) electrons. The Bertz CT molecular complexity index is 918. The minimum Gasteiger partial charge on any atom is -0.290 e. The SMILES string of the molecule is N#Cc1ccc([C@H](c2nnnn2Cc2ccccc2)N2CCCCCC2)cc1. The van der Waals surface area contributed by atoms with Crippen molar-refractivity contribution in [3.8, 4) is 6.07 Å². The molecule has 2 aromatic carbocycles. The summed E-state index contributed by atoms with van der Waals surface area (Å²) in [4.78, 5) is 2.49. The molecule has 1 aromatic heterocycles. The van der Waals surface area contributed by atoms with Crippen LogP contribution in [0.5, 0.6) is 0 Å². The van der Waals surface area contributed by atoms with Gasteiger partial charge in [0, 0.05) is 0 Å². The van der Waals surface area contributed by atoms with Crippen molar-refractivity contribution in [2.75, 3.05) is 13.1 Å². The van der Waals surface area contributed by atoms with Crippen LogP contribution in [0.25, 0.3) is 0 Å². The van der Waals surface area contributed by atoms with E-state index >= 15 is 0 Å². The fourth-order valence-corrected chi connectivity index (χ4v) is 3.89. The average molecular weight is 372 g/mol. The largest absolute Gasteiger partial charge is 0.290 e. The molecule has 142 valence electrons. The lowest BCUT2D eigenvalue weighted by Crippen LogP contribution is -2.33. The molecule has 1 atom stereocenters. The molecule has 1 saturated heterocycles. The predicted octanol–water partition coefficient (Wildman–Crippen LogP) is 3.56. The summed E-state index contributed by atoms with van der Waals surface area (Å²) in [5.74, 6) is 0.857. The van der Waals surface area contributed by atoms with Gasteiger partial charge in [-0.3, -0.25) is 4.90 Å². The van der Waals surface area contributed by atoms with Crippen LogP contribution in [-0.4, -0.2) is 38.2 Å². The van der Waals surface area contributed by atoms with Gasteiger partial charge in [0.2, 0.25) is 0 Å². The van der Waals surface area contributed by atoms with Crippen LogP contribution in [-0.2, 0) is 6.54 Å². The number of rotatable bonds is 5. The number of benzene rings is 2. The molecule has 0 bridgehead atoms. The monoisotopic (exact) mass is 372 g/mol. The van der Waals surface area contributed by atoms with Gasteiger partial charge in [-0.05, 0) is 59.6 Å². The molecule has 28 heavy (non-hydrogen) atoms. The van der Waals surface area contributed by atoms with Gasteiger partial charge in [0.25, 0.3) is 0 Å². The fraction of sp³-hybridized carbons (Fsp3) is 0.364. The van der Waals surface area contributed by atoms with Gasteiger partial charge < -0.3 is 0 Å². The van der Waals surface area contributed by atoms with Gasteiger partial charge in [-0.25, -0.2) is 4.68 Å². The van der Waals surface area contributed by atoms with E-state index in [2.05, 4.69) is 38.6 Å². The van der Waals surface area contributed by atoms with Crippen LogP contribution in [0.3, 0.4) is 0 Å². The smallest absolute Gasteiger partial charge is 0.173 e. The summed E-state index contributed by atoms with van der Waals surface area (Å²) in [5, 5.41) is 21.9. The van der Waals surface area contributed by atoms with Crippen LogP contribution in [0, 0.1) is 11.3 Å². The van der Waals surface area contributed by atoms with Gasteiger partial charge in [0.05, 0.1) is 24.2 Å². The minimum atomic E-state index is -0.00967. The van der Waals surface area contributed by atoms with Crippen LogP contribution >= 0.6 is 0 Å². The summed E-state index contributed by atoms with van der Waals surface area (Å²) in [6.07, 6.45) is 4.91. The van der Waals surface area contributed by atoms with Crippen LogP contribution in [0.1, 0.15) is 54.2 Å². The molecule has 2 heterocycles. The first-order valence-electron chi connectivity index (χ1n) is 9.89. The number of nitriles is 1. The lowest BCUT2D eigenvalue weighted by atomic mass is 10.0. The molecule has 1 fully saturated rings. The molecule has 4 rings (SSSR count). The minimum absolute atomic E-state index is 0.00967. The van der Waals surface area contributed by atoms with Crippen LogP contribution in [0.4, 0.5) is 0 Å². The van der Waals surface area contributed by atoms with Crippen molar-refractivity contribution in [3.63, 3.8) is 0 Å². The van der Waals surface area contributed by atoms with E-state index in [0.717, 1.165) is 24.5 Å². The number of hydrogen-bond donors (Lipinski definition) is 0. The molecule has 1 aliphatic rings. The van der Waals surface area contributed by atoms with Crippen molar-refractivity contribution in [1.82, 2.24) is 25.1 Å². The first-order valence-corrected chi connectivity index (χ1v) is 9.89. The molecular weight excluding hydrogens is 348 g/mol. The standard InChI is InChI=1S/C22H24N6/c23-16-18-10-12-20(13-11-18)21(27-14-6-1-2-7-15-27)22-24-25-26-28(22)17-19-8-4-3-5-9-19/h3-5,8-13,21H,1-2,6-7,14-15,17H2/t21-/m1/s1. The maximum Gasteiger partial charge on any atom is 0.173 e. The fourth-order valence-electron chi connectivity index (χ4n) is 3.89. The zero-order valence-electron chi connectivity index (χ0n) is 15.9. The van der Waals surface area contributed by atoms with E-state index in [9.17, 15) is 0 Å². The molecule has 0 N–H and O–H groups in total. The third-order valence-corrected chi connectivity index (χ3v) is 5.34. The second-order valence-electron chi connectivity index (χ2n) is 7.27. The van der Waals surface area contributed by atoms with Crippen molar-refractivity contribution in [1.29, 1.82) is 5.26 Å². The summed E-state index contributed by atoms with van der Waals surface area (Å²) in [6, 6.07) is 20.3. The predicted molar refractivity (Wildman–Crippen MR) is 106 cm³/mol. The molecule has 0 amide bonds. The Kier molecular flexibility index (Phi) is 5.74. The molecule has 0 spiro atoms. The number of aromatic nitrogens is 4. The molecule has 0 saturated carbocycles. The highest BCUT2D eigenvalue weighted by Crippen LogP contribution is 2.29. The van der Waals surface area contributed by atoms with E-state index in [-0.39, 0.29) is 6.04 Å². The van der Waals surface area contributed by atoms with Gasteiger partial charge >= 0.3 is 0 Å². The summed E-state index contributed by atoms with van der Waals surface area (Å²) in [7, 11) is 0. The number of tetrazole rings is 1. The average Bonchev–Trinajstić information content (AvgIpc) is 3.01. The first-order chi connectivity index (χ1) is 13.8. The van der Waals surface area contributed by atoms with Gasteiger partial charge in [0.1, 0.15) is 0 Å². The van der Waals surface area contributed by atoms with E-state index in [1.165, 1.54) is 31.2 Å². The molecule has 6 heteroatoms. The first kappa shape index (κ1) is 18.3. The van der Waals surface area contributed by atoms with E-state index in [1.807, 2.05) is 47.1 Å². The van der Waals surface area contributed by atoms with Crippen molar-refractivity contribution < 1.29 is 0 Å². The van der Waals surface area contributed by atoms with Crippen molar-refractivity contribution in [3.05, 3.63) is 77.1 Å². The Morgan fingerprint density at radius 2 is 1.64 bits per heavy atom. The Balaban J connectivity index is 1.71. The van der Waals surface area contributed by atoms with Gasteiger partial charge in [0.15, 0.2) is 5.82 Å². The number of nitrogens with zero attached hydrogens (tertiary/aromatic N) is 6. The van der Waals surface area contributed by atoms with Crippen LogP contribution in [0.15, 0.2) is 54.6 Å². The van der Waals surface area contributed by atoms with E-state index < -0.39 is 0 Å². The highest BCUT2D eigenvalue weighted by Gasteiger charge is 2.28. The Morgan fingerprint density at radius 1 is 0.929 bits per heavy atom. The molecular formula is C22H24N6. The highest BCUT2D eigenvalue weighted by molar-refractivity contribution is 5.35. The zero-order valence-corrected chi connectivity index (χ0v) is 15.9. The molecule has 3 aromatic rings. The molecule has 0 unspecified atom stereocenters. The van der Waals surface area contributed by atoms with E-state index in [4.69, 9.17) is 5.26 Å². The highest BCUT2D eigenvalue weighted by atomic mass is 15.5. The third kappa shape index (κ3) is 4.10. The topological polar surface area (TPSA) is 70.6 Å². The molecule has 0 aliphatic carbocycles. The van der Waals surface area contributed by atoms with Crippen molar-refractivity contribution in [2.45, 2.75) is 38.3 Å². The third-order valence-electron chi connectivity index (χ3n) is 5.34. The van der Waals surface area contributed by atoms with Crippen LogP contribution < -0.4 is 0 Å². The quantitative estimate of drug-likeness (QED) is 0.685. The Hall–Kier alpha value is -3.04. The molecule has 1 aliphatic heterocycles. The van der Waals surface area contributed by atoms with Gasteiger partial charge in [-0.15, -0.1) is 5.10 Å². The van der Waals surface area contributed by atoms with E-state index in [0.29, 0.717) is 12.1 Å². The molecule has 6 nitrogen and oxygen atoms in total. The van der Waals surface area contributed by atoms with Crippen molar-refractivity contribution in [2.24, 2.45) is 0 Å². The maximum absolute atomic E-state index is 9.15. The second kappa shape index (κ2) is 8.77. The zero-order chi connectivity index (χ0) is 19.2.